The van der Waals surface area contributed by atoms with Gasteiger partial charge in [-0.25, -0.2) is 9.78 Å². The minimum Gasteiger partial charge on any atom is -0.444 e. The second kappa shape index (κ2) is 5.38. The highest BCUT2D eigenvalue weighted by atomic mass is 16.6. The number of hydrogen-bond acceptors (Lipinski definition) is 4. The number of amides is 1. The number of rotatable bonds is 2. The topological polar surface area (TPSA) is 63.6 Å². The smallest absolute Gasteiger partial charge is 0.413 e. The third-order valence-electron chi connectivity index (χ3n) is 2.60. The van der Waals surface area contributed by atoms with Crippen LogP contribution in [0.4, 0.5) is 10.6 Å². The summed E-state index contributed by atoms with van der Waals surface area (Å²) in [5.74, 6) is 0.483. The molecule has 19 heavy (non-hydrogen) atoms. The molecule has 0 radical (unpaired) electrons. The summed E-state index contributed by atoms with van der Waals surface area (Å²) in [6, 6.07) is 3.68. The Kier molecular flexibility index (Phi) is 3.83. The molecule has 1 aromatic heterocycles. The Morgan fingerprint density at radius 1 is 1.37 bits per heavy atom. The molecule has 1 amide bonds. The monoisotopic (exact) mass is 261 g/mol. The first-order valence-electron chi connectivity index (χ1n) is 6.44. The second-order valence-corrected chi connectivity index (χ2v) is 5.49. The van der Waals surface area contributed by atoms with Crippen LogP contribution in [0.5, 0.6) is 0 Å². The average molecular weight is 261 g/mol. The van der Waals surface area contributed by atoms with E-state index in [1.54, 1.807) is 12.3 Å². The van der Waals surface area contributed by atoms with E-state index in [-0.39, 0.29) is 0 Å². The largest absolute Gasteiger partial charge is 0.444 e. The molecule has 0 aromatic carbocycles. The Balaban J connectivity index is 1.97. The van der Waals surface area contributed by atoms with Gasteiger partial charge in [-0.15, -0.1) is 0 Å². The molecule has 2 rings (SSSR count). The number of ether oxygens (including phenoxy) is 1. The van der Waals surface area contributed by atoms with Gasteiger partial charge in [0.2, 0.25) is 0 Å². The van der Waals surface area contributed by atoms with Gasteiger partial charge in [0.15, 0.2) is 0 Å². The van der Waals surface area contributed by atoms with Crippen molar-refractivity contribution in [3.63, 3.8) is 0 Å². The van der Waals surface area contributed by atoms with Crippen molar-refractivity contribution in [2.45, 2.75) is 39.2 Å². The van der Waals surface area contributed by atoms with Gasteiger partial charge in [-0.3, -0.25) is 10.3 Å². The van der Waals surface area contributed by atoms with Gasteiger partial charge in [0.05, 0.1) is 0 Å². The minimum absolute atomic E-state index is 0.483. The van der Waals surface area contributed by atoms with Gasteiger partial charge in [0.25, 0.3) is 0 Å². The van der Waals surface area contributed by atoms with Gasteiger partial charge >= 0.3 is 6.09 Å². The predicted molar refractivity (Wildman–Crippen MR) is 74.7 cm³/mol. The van der Waals surface area contributed by atoms with Crippen LogP contribution >= 0.6 is 0 Å². The number of aliphatic imine (C=N–C) groups is 1. The molecule has 1 aromatic rings. The molecule has 1 aliphatic heterocycles. The van der Waals surface area contributed by atoms with Crippen molar-refractivity contribution in [3.8, 4) is 0 Å². The van der Waals surface area contributed by atoms with Gasteiger partial charge in [0, 0.05) is 24.0 Å². The lowest BCUT2D eigenvalue weighted by atomic mass is 10.1. The molecule has 0 spiro atoms. The third kappa shape index (κ3) is 4.05. The first-order valence-corrected chi connectivity index (χ1v) is 6.44. The number of nitrogens with one attached hydrogen (secondary N) is 1. The van der Waals surface area contributed by atoms with Crippen molar-refractivity contribution in [3.05, 3.63) is 23.9 Å². The SMILES string of the molecule is CC(C)(C)OC(=O)Nc1ccc(C2=NCCC2)cn1. The molecule has 0 saturated carbocycles. The van der Waals surface area contributed by atoms with E-state index in [0.29, 0.717) is 5.82 Å². The van der Waals surface area contributed by atoms with Crippen LogP contribution in [0, 0.1) is 0 Å². The first-order chi connectivity index (χ1) is 8.94. The summed E-state index contributed by atoms with van der Waals surface area (Å²) in [7, 11) is 0. The Hall–Kier alpha value is -1.91. The van der Waals surface area contributed by atoms with E-state index in [0.717, 1.165) is 30.7 Å². The van der Waals surface area contributed by atoms with Gasteiger partial charge < -0.3 is 4.74 Å². The number of carbonyl (C=O) groups is 1. The van der Waals surface area contributed by atoms with Gasteiger partial charge in [0.1, 0.15) is 11.4 Å². The zero-order valence-electron chi connectivity index (χ0n) is 11.6. The number of aromatic nitrogens is 1. The van der Waals surface area contributed by atoms with Gasteiger partial charge in [-0.1, -0.05) is 0 Å². The molecular weight excluding hydrogens is 242 g/mol. The van der Waals surface area contributed by atoms with Crippen LogP contribution in [0.2, 0.25) is 0 Å². The fourth-order valence-corrected chi connectivity index (χ4v) is 1.82. The standard InChI is InChI=1S/C14H19N3O2/c1-14(2,3)19-13(18)17-12-7-6-10(9-16-12)11-5-4-8-15-11/h6-7,9H,4-5,8H2,1-3H3,(H,16,17,18). The Labute approximate surface area is 113 Å². The number of nitrogens with zero attached hydrogens (tertiary/aromatic N) is 2. The van der Waals surface area contributed by atoms with Crippen LogP contribution in [-0.2, 0) is 4.74 Å². The number of carbonyl (C=O) groups excluding carboxylic acids is 1. The summed E-state index contributed by atoms with van der Waals surface area (Å²) in [4.78, 5) is 20.2. The molecule has 5 heteroatoms. The summed E-state index contributed by atoms with van der Waals surface area (Å²) in [6.07, 6.45) is 3.34. The van der Waals surface area contributed by atoms with E-state index in [4.69, 9.17) is 4.74 Å². The van der Waals surface area contributed by atoms with Crippen molar-refractivity contribution in [1.29, 1.82) is 0 Å². The molecule has 102 valence electrons. The molecule has 0 unspecified atom stereocenters. The zero-order chi connectivity index (χ0) is 13.9. The molecule has 1 N–H and O–H groups in total. The number of anilines is 1. The zero-order valence-corrected chi connectivity index (χ0v) is 11.6. The Morgan fingerprint density at radius 3 is 2.68 bits per heavy atom. The highest BCUT2D eigenvalue weighted by Crippen LogP contribution is 2.14. The second-order valence-electron chi connectivity index (χ2n) is 5.49. The van der Waals surface area contributed by atoms with Crippen LogP contribution in [-0.4, -0.2) is 28.9 Å². The fraction of sp³-hybridized carbons (Fsp3) is 0.500. The number of pyridine rings is 1. The third-order valence-corrected chi connectivity index (χ3v) is 2.60. The highest BCUT2D eigenvalue weighted by Gasteiger charge is 2.16. The van der Waals surface area contributed by atoms with E-state index >= 15 is 0 Å². The molecule has 2 heterocycles. The summed E-state index contributed by atoms with van der Waals surface area (Å²) in [6.45, 7) is 6.36. The average Bonchev–Trinajstić information content (AvgIpc) is 2.80. The molecule has 0 fully saturated rings. The summed E-state index contributed by atoms with van der Waals surface area (Å²) < 4.78 is 5.16. The first kappa shape index (κ1) is 13.5. The molecular formula is C14H19N3O2. The van der Waals surface area contributed by atoms with E-state index in [2.05, 4.69) is 15.3 Å². The van der Waals surface area contributed by atoms with Crippen LogP contribution in [0.1, 0.15) is 39.2 Å². The molecule has 0 aliphatic carbocycles. The van der Waals surface area contributed by atoms with Crippen LogP contribution in [0.15, 0.2) is 23.3 Å². The van der Waals surface area contributed by atoms with Crippen molar-refractivity contribution in [2.24, 2.45) is 4.99 Å². The lowest BCUT2D eigenvalue weighted by molar-refractivity contribution is 0.0635. The Bertz CT molecular complexity index is 486. The van der Waals surface area contributed by atoms with E-state index < -0.39 is 11.7 Å². The van der Waals surface area contributed by atoms with Gasteiger partial charge in [-0.2, -0.15) is 0 Å². The van der Waals surface area contributed by atoms with Crippen LogP contribution < -0.4 is 5.32 Å². The van der Waals surface area contributed by atoms with Gasteiger partial charge in [-0.05, 0) is 45.7 Å². The summed E-state index contributed by atoms with van der Waals surface area (Å²) in [5.41, 5.74) is 1.60. The maximum absolute atomic E-state index is 11.6. The maximum Gasteiger partial charge on any atom is 0.413 e. The maximum atomic E-state index is 11.6. The molecule has 0 saturated heterocycles. The minimum atomic E-state index is -0.511. The van der Waals surface area contributed by atoms with Crippen molar-refractivity contribution < 1.29 is 9.53 Å². The molecule has 0 bridgehead atoms. The fourth-order valence-electron chi connectivity index (χ4n) is 1.82. The highest BCUT2D eigenvalue weighted by molar-refractivity contribution is 6.01. The van der Waals surface area contributed by atoms with E-state index in [1.807, 2.05) is 26.8 Å². The van der Waals surface area contributed by atoms with Crippen LogP contribution in [0.3, 0.4) is 0 Å². The summed E-state index contributed by atoms with van der Waals surface area (Å²) >= 11 is 0. The van der Waals surface area contributed by atoms with Crippen molar-refractivity contribution in [2.75, 3.05) is 11.9 Å². The van der Waals surface area contributed by atoms with E-state index in [9.17, 15) is 4.79 Å². The Morgan fingerprint density at radius 2 is 2.16 bits per heavy atom. The molecule has 1 aliphatic rings. The number of hydrogen-bond donors (Lipinski definition) is 1. The predicted octanol–water partition coefficient (Wildman–Crippen LogP) is 3.01. The van der Waals surface area contributed by atoms with Crippen molar-refractivity contribution >= 4 is 17.6 Å². The molecule has 5 nitrogen and oxygen atoms in total. The lowest BCUT2D eigenvalue weighted by Crippen LogP contribution is -2.27. The lowest BCUT2D eigenvalue weighted by Gasteiger charge is -2.19. The summed E-state index contributed by atoms with van der Waals surface area (Å²) in [5, 5.41) is 2.60. The quantitative estimate of drug-likeness (QED) is 0.890. The molecule has 0 atom stereocenters. The normalized spacial score (nSPS) is 15.0. The van der Waals surface area contributed by atoms with E-state index in [1.165, 1.54) is 0 Å². The van der Waals surface area contributed by atoms with Crippen LogP contribution in [0.25, 0.3) is 0 Å². The van der Waals surface area contributed by atoms with Crippen molar-refractivity contribution in [1.82, 2.24) is 4.98 Å².